The summed E-state index contributed by atoms with van der Waals surface area (Å²) in [7, 11) is 1.53. The summed E-state index contributed by atoms with van der Waals surface area (Å²) in [5.41, 5.74) is 4.78. The van der Waals surface area contributed by atoms with E-state index in [4.69, 9.17) is 4.98 Å². The number of fused-ring (bicyclic) bond motifs is 6. The molecule has 4 N–H and O–H groups in total. The second-order valence-electron chi connectivity index (χ2n) is 16.7. The van der Waals surface area contributed by atoms with Crippen molar-refractivity contribution < 1.29 is 23.2 Å². The van der Waals surface area contributed by atoms with Gasteiger partial charge in [0, 0.05) is 41.7 Å². The van der Waals surface area contributed by atoms with Gasteiger partial charge in [0.2, 0.25) is 12.3 Å². The Morgan fingerprint density at radius 2 is 1.68 bits per heavy atom. The molecule has 2 aliphatic heterocycles. The molecule has 1 saturated heterocycles. The van der Waals surface area contributed by atoms with Crippen molar-refractivity contribution in [1.82, 2.24) is 40.4 Å². The number of aromatic amines is 2. The molecule has 1 spiro atoms. The molecule has 11 nitrogen and oxygen atoms in total. The second kappa shape index (κ2) is 12.7. The molecule has 2 saturated carbocycles. The van der Waals surface area contributed by atoms with E-state index < -0.39 is 24.0 Å². The first-order valence-corrected chi connectivity index (χ1v) is 19.7. The highest BCUT2D eigenvalue weighted by molar-refractivity contribution is 5.89. The van der Waals surface area contributed by atoms with Gasteiger partial charge in [-0.25, -0.2) is 14.8 Å². The number of carbonyl (C=O) groups is 3. The van der Waals surface area contributed by atoms with Crippen LogP contribution in [-0.2, 0) is 15.5 Å². The molecular weight excluding hydrogens is 727 g/mol. The van der Waals surface area contributed by atoms with E-state index in [1.54, 1.807) is 29.3 Å². The summed E-state index contributed by atoms with van der Waals surface area (Å²) < 4.78 is 32.9. The van der Waals surface area contributed by atoms with Crippen LogP contribution in [0.5, 0.6) is 0 Å². The van der Waals surface area contributed by atoms with Crippen LogP contribution in [0.15, 0.2) is 60.8 Å². The van der Waals surface area contributed by atoms with E-state index in [0.29, 0.717) is 46.1 Å². The third-order valence-electron chi connectivity index (χ3n) is 12.9. The second-order valence-corrected chi connectivity index (χ2v) is 16.7. The fourth-order valence-electron chi connectivity index (χ4n) is 9.63. The van der Waals surface area contributed by atoms with Crippen molar-refractivity contribution in [1.29, 1.82) is 0 Å². The van der Waals surface area contributed by atoms with Crippen LogP contribution in [0.4, 0.5) is 13.6 Å². The van der Waals surface area contributed by atoms with Crippen LogP contribution >= 0.6 is 0 Å². The van der Waals surface area contributed by atoms with Crippen molar-refractivity contribution in [2.75, 3.05) is 13.6 Å². The number of H-pyrrole nitrogens is 2. The van der Waals surface area contributed by atoms with Gasteiger partial charge in [-0.05, 0) is 90.5 Å². The Bertz CT molecular complexity index is 2560. The number of halogens is 2. The number of carbonyl (C=O) groups excluding carboxylic acids is 3. The highest BCUT2D eigenvalue weighted by Gasteiger charge is 2.52. The molecule has 57 heavy (non-hydrogen) atoms. The summed E-state index contributed by atoms with van der Waals surface area (Å²) in [5, 5.41) is 5.40. The number of nitrogens with zero attached hydrogens (tertiary/aromatic N) is 4. The standard InChI is InChI=1S/C44H42F2N8O3/c1-23(2)37(52-42(57)47-3)41(56)54-28-8-4-27(16-28)38(54)40-49-33-11-7-25(19-34(33)50-40)24-5-9-29-30-10-6-26(18-32(30)44(45,46)31(29)17-24)35-20-48-39(51-35)36-12-13-43(14-15-43)21-53(36)22-55/h5-7,9-11,17-20,22-23,27-28,36-38H,4,8,14-16,21H2,1-3H3,(H,48,51)(H,49,50)(H2,47,52,57). The zero-order valence-electron chi connectivity index (χ0n) is 31.8. The summed E-state index contributed by atoms with van der Waals surface area (Å²) in [6.45, 7) is 4.41. The predicted octanol–water partition coefficient (Wildman–Crippen LogP) is 7.04. The van der Waals surface area contributed by atoms with Gasteiger partial charge >= 0.3 is 6.03 Å². The largest absolute Gasteiger partial charge is 0.341 e. The van der Waals surface area contributed by atoms with E-state index in [1.165, 1.54) is 13.1 Å². The van der Waals surface area contributed by atoms with Gasteiger partial charge in [0.15, 0.2) is 6.04 Å². The third-order valence-corrected chi connectivity index (χ3v) is 12.9. The maximum Gasteiger partial charge on any atom is 0.315 e. The number of hydrogen-bond acceptors (Lipinski definition) is 5. The van der Waals surface area contributed by atoms with Crippen molar-refractivity contribution in [3.8, 4) is 45.4 Å². The van der Waals surface area contributed by atoms with Crippen LogP contribution in [-0.4, -0.2) is 73.8 Å². The molecular formula is C44H42F2N8O3. The molecule has 3 fully saturated rings. The lowest BCUT2D eigenvalue weighted by Crippen LogP contribution is -2.55. The Morgan fingerprint density at radius 3 is 2.40 bits per heavy atom. The van der Waals surface area contributed by atoms with Gasteiger partial charge in [0.1, 0.15) is 17.7 Å². The van der Waals surface area contributed by atoms with Crippen LogP contribution in [0.3, 0.4) is 0 Å². The molecule has 13 heteroatoms. The fraction of sp³-hybridized carbons (Fsp3) is 0.386. The highest BCUT2D eigenvalue weighted by Crippen LogP contribution is 2.54. The summed E-state index contributed by atoms with van der Waals surface area (Å²) in [6.07, 6.45) is 7.18. The smallest absolute Gasteiger partial charge is 0.315 e. The molecule has 3 aliphatic carbocycles. The number of hydrogen-bond donors (Lipinski definition) is 4. The summed E-state index contributed by atoms with van der Waals surface area (Å²) in [5.74, 6) is 4.48. The first-order chi connectivity index (χ1) is 27.5. The number of piperidine rings is 1. The lowest BCUT2D eigenvalue weighted by atomic mass is 9.95. The molecule has 2 bridgehead atoms. The number of imidazole rings is 2. The van der Waals surface area contributed by atoms with Crippen molar-refractivity contribution in [2.45, 2.75) is 76.0 Å². The molecule has 290 valence electrons. The number of aromatic nitrogens is 4. The van der Waals surface area contributed by atoms with Crippen molar-refractivity contribution >= 4 is 29.4 Å². The lowest BCUT2D eigenvalue weighted by Gasteiger charge is -2.37. The Hall–Kier alpha value is -6.03. The van der Waals surface area contributed by atoms with E-state index in [2.05, 4.69) is 37.4 Å². The molecule has 10 rings (SSSR count). The Morgan fingerprint density at radius 1 is 0.965 bits per heavy atom. The van der Waals surface area contributed by atoms with Gasteiger partial charge in [-0.2, -0.15) is 8.78 Å². The zero-order chi connectivity index (χ0) is 39.4. The van der Waals surface area contributed by atoms with E-state index in [-0.39, 0.29) is 46.4 Å². The minimum Gasteiger partial charge on any atom is -0.341 e. The van der Waals surface area contributed by atoms with Crippen molar-refractivity contribution in [2.24, 2.45) is 17.3 Å². The van der Waals surface area contributed by atoms with Crippen LogP contribution in [0.2, 0.25) is 0 Å². The molecule has 3 aromatic carbocycles. The number of rotatable bonds is 8. The van der Waals surface area contributed by atoms with Crippen LogP contribution in [0.25, 0.3) is 44.5 Å². The van der Waals surface area contributed by atoms with Crippen molar-refractivity contribution in [3.05, 3.63) is 83.6 Å². The number of nitrogens with one attached hydrogen (secondary N) is 4. The van der Waals surface area contributed by atoms with Gasteiger partial charge in [0.05, 0.1) is 29.0 Å². The Balaban J connectivity index is 0.920. The highest BCUT2D eigenvalue weighted by atomic mass is 19.3. The molecule has 5 aliphatic rings. The molecule has 2 aromatic heterocycles. The van der Waals surface area contributed by atoms with Crippen LogP contribution < -0.4 is 10.6 Å². The number of amides is 4. The van der Waals surface area contributed by atoms with Gasteiger partial charge in [-0.15, -0.1) is 0 Å². The van der Waals surface area contributed by atoms with Crippen LogP contribution in [0, 0.1) is 29.1 Å². The van der Waals surface area contributed by atoms with Gasteiger partial charge in [0.25, 0.3) is 5.92 Å². The molecule has 5 aromatic rings. The molecule has 4 heterocycles. The number of alkyl halides is 2. The normalized spacial score (nSPS) is 23.6. The zero-order valence-corrected chi connectivity index (χ0v) is 31.8. The summed E-state index contributed by atoms with van der Waals surface area (Å²) >= 11 is 0. The first kappa shape index (κ1) is 35.4. The van der Waals surface area contributed by atoms with Crippen LogP contribution in [0.1, 0.15) is 80.8 Å². The lowest BCUT2D eigenvalue weighted by molar-refractivity contribution is -0.139. The number of likely N-dealkylation sites (tertiary alicyclic amines) is 1. The topological polar surface area (TPSA) is 139 Å². The Labute approximate surface area is 328 Å². The van der Waals surface area contributed by atoms with Gasteiger partial charge < -0.3 is 30.4 Å². The van der Waals surface area contributed by atoms with Crippen molar-refractivity contribution in [3.63, 3.8) is 0 Å². The van der Waals surface area contributed by atoms with E-state index >= 15 is 8.78 Å². The number of urea groups is 1. The Kier molecular flexibility index (Phi) is 7.91. The predicted molar refractivity (Wildman–Crippen MR) is 209 cm³/mol. The summed E-state index contributed by atoms with van der Waals surface area (Å²) in [4.78, 5) is 58.0. The maximum atomic E-state index is 16.4. The van der Waals surface area contributed by atoms with E-state index in [0.717, 1.165) is 55.1 Å². The third kappa shape index (κ3) is 5.63. The molecule has 5 atom stereocenters. The number of benzene rings is 3. The van der Waals surface area contributed by atoms with E-state index in [9.17, 15) is 14.4 Å². The quantitative estimate of drug-likeness (QED) is 0.0991. The SMILES string of the molecule is CNC(=O)NC(C(=O)N1C2CCC(C2)C1c1nc2ccc(-c3ccc4c(c3)C(F)(F)c3cc(-c5cnc(C6C#CC7(CC7)CN6C=O)[nH]5)ccc3-4)cc2[nH]1)C(C)C. The maximum absolute atomic E-state index is 16.4. The fourth-order valence-corrected chi connectivity index (χ4v) is 9.63. The molecule has 5 unspecified atom stereocenters. The van der Waals surface area contributed by atoms with E-state index in [1.807, 2.05) is 49.1 Å². The minimum absolute atomic E-state index is 0.0582. The van der Waals surface area contributed by atoms with Gasteiger partial charge in [-0.3, -0.25) is 9.59 Å². The first-order valence-electron chi connectivity index (χ1n) is 19.7. The molecule has 4 amide bonds. The average molecular weight is 769 g/mol. The minimum atomic E-state index is -3.25. The molecule has 0 radical (unpaired) electrons. The monoisotopic (exact) mass is 768 g/mol. The average Bonchev–Trinajstić information content (AvgIpc) is 3.78. The summed E-state index contributed by atoms with van der Waals surface area (Å²) in [6, 6.07) is 14.2. The van der Waals surface area contributed by atoms with Gasteiger partial charge in [-0.1, -0.05) is 56.0 Å².